The SMILES string of the molecule is CCOC(=O)c1ccc(NCCCCSC)cc1. The number of esters is 1. The molecule has 1 rings (SSSR count). The number of hydrogen-bond donors (Lipinski definition) is 1. The summed E-state index contributed by atoms with van der Waals surface area (Å²) in [4.78, 5) is 11.4. The minimum atomic E-state index is -0.260. The van der Waals surface area contributed by atoms with Crippen LogP contribution in [0.15, 0.2) is 24.3 Å². The largest absolute Gasteiger partial charge is 0.462 e. The van der Waals surface area contributed by atoms with Gasteiger partial charge in [-0.15, -0.1) is 0 Å². The quantitative estimate of drug-likeness (QED) is 0.578. The molecule has 0 aromatic heterocycles. The van der Waals surface area contributed by atoms with Crippen LogP contribution in [-0.2, 0) is 4.74 Å². The van der Waals surface area contributed by atoms with E-state index in [1.54, 1.807) is 12.1 Å². The fraction of sp³-hybridized carbons (Fsp3) is 0.500. The van der Waals surface area contributed by atoms with E-state index in [2.05, 4.69) is 11.6 Å². The van der Waals surface area contributed by atoms with Gasteiger partial charge in [0, 0.05) is 12.2 Å². The molecule has 4 heteroatoms. The van der Waals surface area contributed by atoms with Gasteiger partial charge in [-0.1, -0.05) is 0 Å². The van der Waals surface area contributed by atoms with Crippen molar-refractivity contribution < 1.29 is 9.53 Å². The van der Waals surface area contributed by atoms with E-state index in [1.807, 2.05) is 30.8 Å². The van der Waals surface area contributed by atoms with Gasteiger partial charge in [0.25, 0.3) is 0 Å². The number of rotatable bonds is 8. The Kier molecular flexibility index (Phi) is 7.34. The number of nitrogens with one attached hydrogen (secondary N) is 1. The Labute approximate surface area is 113 Å². The average Bonchev–Trinajstić information content (AvgIpc) is 2.39. The zero-order chi connectivity index (χ0) is 13.2. The summed E-state index contributed by atoms with van der Waals surface area (Å²) >= 11 is 1.88. The minimum Gasteiger partial charge on any atom is -0.462 e. The fourth-order valence-corrected chi connectivity index (χ4v) is 2.04. The van der Waals surface area contributed by atoms with Crippen LogP contribution in [-0.4, -0.2) is 31.1 Å². The van der Waals surface area contributed by atoms with Crippen molar-refractivity contribution in [2.45, 2.75) is 19.8 Å². The van der Waals surface area contributed by atoms with Crippen LogP contribution in [0, 0.1) is 0 Å². The molecular formula is C14H21NO2S. The summed E-state index contributed by atoms with van der Waals surface area (Å²) in [6, 6.07) is 7.42. The van der Waals surface area contributed by atoms with Crippen molar-refractivity contribution in [2.75, 3.05) is 30.5 Å². The smallest absolute Gasteiger partial charge is 0.338 e. The number of thioether (sulfide) groups is 1. The van der Waals surface area contributed by atoms with Gasteiger partial charge in [-0.25, -0.2) is 4.79 Å². The number of unbranched alkanes of at least 4 members (excludes halogenated alkanes) is 1. The summed E-state index contributed by atoms with van der Waals surface area (Å²) in [5, 5.41) is 3.34. The van der Waals surface area contributed by atoms with Crippen LogP contribution >= 0.6 is 11.8 Å². The lowest BCUT2D eigenvalue weighted by Gasteiger charge is -2.07. The highest BCUT2D eigenvalue weighted by molar-refractivity contribution is 7.98. The number of benzene rings is 1. The molecule has 0 radical (unpaired) electrons. The number of ether oxygens (including phenoxy) is 1. The molecule has 0 fully saturated rings. The predicted molar refractivity (Wildman–Crippen MR) is 78.5 cm³/mol. The Morgan fingerprint density at radius 1 is 1.28 bits per heavy atom. The summed E-state index contributed by atoms with van der Waals surface area (Å²) in [5.41, 5.74) is 1.65. The molecule has 0 aliphatic carbocycles. The lowest BCUT2D eigenvalue weighted by atomic mass is 10.2. The number of carbonyl (C=O) groups is 1. The van der Waals surface area contributed by atoms with Crippen LogP contribution in [0.25, 0.3) is 0 Å². The van der Waals surface area contributed by atoms with Gasteiger partial charge in [0.05, 0.1) is 12.2 Å². The monoisotopic (exact) mass is 267 g/mol. The first kappa shape index (κ1) is 14.9. The van der Waals surface area contributed by atoms with E-state index < -0.39 is 0 Å². The van der Waals surface area contributed by atoms with Gasteiger partial charge in [0.1, 0.15) is 0 Å². The highest BCUT2D eigenvalue weighted by atomic mass is 32.2. The van der Waals surface area contributed by atoms with E-state index in [0.717, 1.165) is 12.2 Å². The van der Waals surface area contributed by atoms with E-state index in [9.17, 15) is 4.79 Å². The normalized spacial score (nSPS) is 10.1. The molecule has 0 saturated carbocycles. The van der Waals surface area contributed by atoms with Crippen molar-refractivity contribution in [1.29, 1.82) is 0 Å². The van der Waals surface area contributed by atoms with E-state index in [0.29, 0.717) is 12.2 Å². The second-order valence-electron chi connectivity index (χ2n) is 3.92. The highest BCUT2D eigenvalue weighted by Crippen LogP contribution is 2.11. The molecule has 1 N–H and O–H groups in total. The molecule has 0 unspecified atom stereocenters. The fourth-order valence-electron chi connectivity index (χ4n) is 1.54. The standard InChI is InChI=1S/C14H21NO2S/c1-3-17-14(16)12-6-8-13(9-7-12)15-10-4-5-11-18-2/h6-9,15H,3-5,10-11H2,1-2H3. The molecule has 3 nitrogen and oxygen atoms in total. The van der Waals surface area contributed by atoms with Gasteiger partial charge < -0.3 is 10.1 Å². The maximum Gasteiger partial charge on any atom is 0.338 e. The van der Waals surface area contributed by atoms with Gasteiger partial charge in [-0.2, -0.15) is 11.8 Å². The summed E-state index contributed by atoms with van der Waals surface area (Å²) in [7, 11) is 0. The molecule has 0 spiro atoms. The molecule has 0 amide bonds. The Bertz CT molecular complexity index is 351. The van der Waals surface area contributed by atoms with Gasteiger partial charge in [0.15, 0.2) is 0 Å². The van der Waals surface area contributed by atoms with E-state index in [1.165, 1.54) is 18.6 Å². The maximum absolute atomic E-state index is 11.4. The van der Waals surface area contributed by atoms with E-state index >= 15 is 0 Å². The van der Waals surface area contributed by atoms with Crippen LogP contribution in [0.4, 0.5) is 5.69 Å². The summed E-state index contributed by atoms with van der Waals surface area (Å²) < 4.78 is 4.93. The summed E-state index contributed by atoms with van der Waals surface area (Å²) in [5.74, 6) is 0.952. The van der Waals surface area contributed by atoms with Crippen LogP contribution in [0.5, 0.6) is 0 Å². The molecule has 0 aliphatic rings. The van der Waals surface area contributed by atoms with Gasteiger partial charge in [-0.3, -0.25) is 0 Å². The highest BCUT2D eigenvalue weighted by Gasteiger charge is 2.04. The first-order chi connectivity index (χ1) is 8.77. The third-order valence-corrected chi connectivity index (χ3v) is 3.20. The van der Waals surface area contributed by atoms with Crippen molar-refractivity contribution in [3.63, 3.8) is 0 Å². The third kappa shape index (κ3) is 5.45. The Balaban J connectivity index is 2.33. The molecule has 100 valence electrons. The second-order valence-corrected chi connectivity index (χ2v) is 4.91. The molecule has 18 heavy (non-hydrogen) atoms. The average molecular weight is 267 g/mol. The van der Waals surface area contributed by atoms with E-state index in [4.69, 9.17) is 4.74 Å². The Morgan fingerprint density at radius 2 is 2.00 bits per heavy atom. The Morgan fingerprint density at radius 3 is 2.61 bits per heavy atom. The van der Waals surface area contributed by atoms with Crippen LogP contribution < -0.4 is 5.32 Å². The molecule has 0 saturated heterocycles. The zero-order valence-corrected chi connectivity index (χ0v) is 11.9. The van der Waals surface area contributed by atoms with Crippen molar-refractivity contribution in [3.05, 3.63) is 29.8 Å². The first-order valence-electron chi connectivity index (χ1n) is 6.28. The lowest BCUT2D eigenvalue weighted by molar-refractivity contribution is 0.0526. The van der Waals surface area contributed by atoms with Gasteiger partial charge in [-0.05, 0) is 56.0 Å². The summed E-state index contributed by atoms with van der Waals surface area (Å²) in [6.07, 6.45) is 4.52. The number of anilines is 1. The minimum absolute atomic E-state index is 0.260. The van der Waals surface area contributed by atoms with Crippen molar-refractivity contribution in [2.24, 2.45) is 0 Å². The molecule has 0 atom stereocenters. The van der Waals surface area contributed by atoms with Crippen LogP contribution in [0.2, 0.25) is 0 Å². The Hall–Kier alpha value is -1.16. The number of carbonyl (C=O) groups excluding carboxylic acids is 1. The van der Waals surface area contributed by atoms with Gasteiger partial charge >= 0.3 is 5.97 Å². The predicted octanol–water partition coefficient (Wildman–Crippen LogP) is 3.42. The third-order valence-electron chi connectivity index (χ3n) is 2.50. The maximum atomic E-state index is 11.4. The topological polar surface area (TPSA) is 38.3 Å². The van der Waals surface area contributed by atoms with Crippen molar-refractivity contribution in [1.82, 2.24) is 0 Å². The van der Waals surface area contributed by atoms with Crippen LogP contribution in [0.3, 0.4) is 0 Å². The molecule has 0 bridgehead atoms. The molecular weight excluding hydrogens is 246 g/mol. The summed E-state index contributed by atoms with van der Waals surface area (Å²) in [6.45, 7) is 3.19. The number of hydrogen-bond acceptors (Lipinski definition) is 4. The van der Waals surface area contributed by atoms with E-state index in [-0.39, 0.29) is 5.97 Å². The molecule has 1 aromatic carbocycles. The molecule has 0 aliphatic heterocycles. The van der Waals surface area contributed by atoms with Crippen LogP contribution in [0.1, 0.15) is 30.1 Å². The lowest BCUT2D eigenvalue weighted by Crippen LogP contribution is -2.05. The molecule has 1 aromatic rings. The van der Waals surface area contributed by atoms with Crippen molar-refractivity contribution in [3.8, 4) is 0 Å². The molecule has 0 heterocycles. The van der Waals surface area contributed by atoms with Gasteiger partial charge in [0.2, 0.25) is 0 Å². The second kappa shape index (κ2) is 8.86. The zero-order valence-electron chi connectivity index (χ0n) is 11.1. The first-order valence-corrected chi connectivity index (χ1v) is 7.67. The van der Waals surface area contributed by atoms with Crippen molar-refractivity contribution >= 4 is 23.4 Å².